The number of guanidine groups is 1. The first-order valence-corrected chi connectivity index (χ1v) is 8.92. The lowest BCUT2D eigenvalue weighted by molar-refractivity contribution is -0.140. The van der Waals surface area contributed by atoms with E-state index in [-0.39, 0.29) is 30.5 Å². The molecule has 2 N–H and O–H groups in total. The van der Waals surface area contributed by atoms with Crippen molar-refractivity contribution in [3.8, 4) is 0 Å². The molecule has 0 aliphatic carbocycles. The van der Waals surface area contributed by atoms with Crippen molar-refractivity contribution >= 4 is 41.3 Å². The fourth-order valence-electron chi connectivity index (χ4n) is 2.06. The first-order valence-electron chi connectivity index (χ1n) is 8.04. The second-order valence-corrected chi connectivity index (χ2v) is 6.30. The minimum atomic E-state index is -4.41. The van der Waals surface area contributed by atoms with Gasteiger partial charge in [0.25, 0.3) is 0 Å². The Kier molecular flexibility index (Phi) is 10.0. The number of hydrogen-bond acceptors (Lipinski definition) is 4. The largest absolute Gasteiger partial charge is 0.434 e. The first-order chi connectivity index (χ1) is 12.4. The summed E-state index contributed by atoms with van der Waals surface area (Å²) in [5, 5.41) is 7.44. The zero-order valence-corrected chi connectivity index (χ0v) is 18.1. The molecule has 5 nitrogen and oxygen atoms in total. The molecule has 2 rings (SSSR count). The van der Waals surface area contributed by atoms with Crippen LogP contribution in [0.4, 0.5) is 13.2 Å². The van der Waals surface area contributed by atoms with Gasteiger partial charge in [-0.25, -0.2) is 4.98 Å². The third-order valence-corrected chi connectivity index (χ3v) is 4.28. The second kappa shape index (κ2) is 11.4. The second-order valence-electron chi connectivity index (χ2n) is 5.36. The molecule has 27 heavy (non-hydrogen) atoms. The van der Waals surface area contributed by atoms with E-state index in [1.807, 2.05) is 31.2 Å². The van der Waals surface area contributed by atoms with Gasteiger partial charge in [-0.1, -0.05) is 24.3 Å². The van der Waals surface area contributed by atoms with E-state index in [4.69, 9.17) is 4.74 Å². The summed E-state index contributed by atoms with van der Waals surface area (Å²) in [5.41, 5.74) is 1.29. The zero-order valence-electron chi connectivity index (χ0n) is 15.0. The molecular weight excluding hydrogens is 492 g/mol. The van der Waals surface area contributed by atoms with Gasteiger partial charge in [-0.2, -0.15) is 13.2 Å². The molecule has 0 aliphatic heterocycles. The quantitative estimate of drug-likeness (QED) is 0.331. The number of nitrogens with one attached hydrogen (secondary N) is 2. The minimum absolute atomic E-state index is 0. The van der Waals surface area contributed by atoms with Crippen molar-refractivity contribution in [1.82, 2.24) is 15.6 Å². The molecule has 1 heterocycles. The van der Waals surface area contributed by atoms with Gasteiger partial charge in [0.1, 0.15) is 5.01 Å². The Balaban J connectivity index is 0.00000364. The predicted molar refractivity (Wildman–Crippen MR) is 111 cm³/mol. The fraction of sp³-hybridized carbons (Fsp3) is 0.412. The molecule has 0 fully saturated rings. The number of aromatic nitrogens is 1. The van der Waals surface area contributed by atoms with E-state index in [2.05, 4.69) is 20.6 Å². The van der Waals surface area contributed by atoms with E-state index in [9.17, 15) is 13.2 Å². The number of hydrogen-bond donors (Lipinski definition) is 2. The van der Waals surface area contributed by atoms with E-state index >= 15 is 0 Å². The van der Waals surface area contributed by atoms with Crippen molar-refractivity contribution in [1.29, 1.82) is 0 Å². The maximum atomic E-state index is 12.6. The Labute approximate surface area is 177 Å². The van der Waals surface area contributed by atoms with E-state index < -0.39 is 11.9 Å². The number of halogens is 4. The monoisotopic (exact) mass is 514 g/mol. The van der Waals surface area contributed by atoms with Crippen LogP contribution < -0.4 is 10.6 Å². The van der Waals surface area contributed by atoms with E-state index in [0.717, 1.165) is 27.8 Å². The standard InChI is InChI=1S/C17H21F3N4OS.HI/c1-3-25-10-13-6-4-12(5-7-13)8-22-16(21-2)23-9-15-24-14(11-26-15)17(18,19)20;/h4-7,11H,3,8-10H2,1-2H3,(H2,21,22,23);1H. The molecule has 0 amide bonds. The summed E-state index contributed by atoms with van der Waals surface area (Å²) >= 11 is 0.963. The molecule has 0 spiro atoms. The van der Waals surface area contributed by atoms with Crippen LogP contribution in [-0.2, 0) is 30.6 Å². The normalized spacial score (nSPS) is 11.8. The van der Waals surface area contributed by atoms with Gasteiger partial charge in [0.2, 0.25) is 0 Å². The average molecular weight is 514 g/mol. The number of ether oxygens (including phenoxy) is 1. The van der Waals surface area contributed by atoms with Gasteiger partial charge in [0.05, 0.1) is 13.2 Å². The van der Waals surface area contributed by atoms with E-state index in [1.165, 1.54) is 0 Å². The molecule has 0 saturated heterocycles. The van der Waals surface area contributed by atoms with Gasteiger partial charge in [-0.15, -0.1) is 35.3 Å². The van der Waals surface area contributed by atoms with Crippen LogP contribution in [0.2, 0.25) is 0 Å². The van der Waals surface area contributed by atoms with Crippen LogP contribution in [0.1, 0.15) is 28.8 Å². The minimum Gasteiger partial charge on any atom is -0.377 e. The highest BCUT2D eigenvalue weighted by Crippen LogP contribution is 2.29. The molecule has 0 bridgehead atoms. The summed E-state index contributed by atoms with van der Waals surface area (Å²) in [6.07, 6.45) is -4.41. The molecule has 1 aromatic carbocycles. The topological polar surface area (TPSA) is 58.5 Å². The highest BCUT2D eigenvalue weighted by molar-refractivity contribution is 14.0. The molecular formula is C17H22F3IN4OS. The summed E-state index contributed by atoms with van der Waals surface area (Å²) in [5.74, 6) is 0.493. The number of thiazole rings is 1. The van der Waals surface area contributed by atoms with Crippen LogP contribution in [0.3, 0.4) is 0 Å². The van der Waals surface area contributed by atoms with Gasteiger partial charge < -0.3 is 15.4 Å². The number of benzene rings is 1. The van der Waals surface area contributed by atoms with Crippen molar-refractivity contribution < 1.29 is 17.9 Å². The number of rotatable bonds is 7. The lowest BCUT2D eigenvalue weighted by Gasteiger charge is -2.11. The summed E-state index contributed by atoms with van der Waals surface area (Å²) in [7, 11) is 1.60. The van der Waals surface area contributed by atoms with Gasteiger partial charge in [0, 0.05) is 25.6 Å². The van der Waals surface area contributed by atoms with Crippen molar-refractivity contribution in [2.24, 2.45) is 4.99 Å². The van der Waals surface area contributed by atoms with Crippen LogP contribution in [0.15, 0.2) is 34.6 Å². The molecule has 0 unspecified atom stereocenters. The average Bonchev–Trinajstić information content (AvgIpc) is 3.10. The van der Waals surface area contributed by atoms with E-state index in [1.54, 1.807) is 7.05 Å². The fourth-order valence-corrected chi connectivity index (χ4v) is 2.80. The number of alkyl halides is 3. The van der Waals surface area contributed by atoms with Crippen LogP contribution >= 0.6 is 35.3 Å². The van der Waals surface area contributed by atoms with Crippen LogP contribution in [0.25, 0.3) is 0 Å². The molecule has 0 saturated carbocycles. The SMILES string of the molecule is CCOCc1ccc(CNC(=NC)NCc2nc(C(F)(F)F)cs2)cc1.I. The molecule has 2 aromatic rings. The Hall–Kier alpha value is -1.40. The zero-order chi connectivity index (χ0) is 19.0. The Bertz CT molecular complexity index is 720. The van der Waals surface area contributed by atoms with E-state index in [0.29, 0.717) is 30.7 Å². The lowest BCUT2D eigenvalue weighted by Crippen LogP contribution is -2.36. The molecule has 0 aliphatic rings. The van der Waals surface area contributed by atoms with Crippen molar-refractivity contribution in [3.05, 3.63) is 51.5 Å². The maximum absolute atomic E-state index is 12.6. The van der Waals surface area contributed by atoms with Gasteiger partial charge in [-0.3, -0.25) is 4.99 Å². The van der Waals surface area contributed by atoms with Crippen molar-refractivity contribution in [2.45, 2.75) is 32.8 Å². The molecule has 150 valence electrons. The van der Waals surface area contributed by atoms with Crippen molar-refractivity contribution in [2.75, 3.05) is 13.7 Å². The summed E-state index contributed by atoms with van der Waals surface area (Å²) in [4.78, 5) is 7.64. The highest BCUT2D eigenvalue weighted by atomic mass is 127. The first kappa shape index (κ1) is 23.6. The molecule has 10 heteroatoms. The Morgan fingerprint density at radius 1 is 1.15 bits per heavy atom. The summed E-state index contributed by atoms with van der Waals surface area (Å²) in [6, 6.07) is 7.98. The van der Waals surface area contributed by atoms with Crippen molar-refractivity contribution in [3.63, 3.8) is 0 Å². The van der Waals surface area contributed by atoms with Crippen LogP contribution in [0, 0.1) is 0 Å². The summed E-state index contributed by atoms with van der Waals surface area (Å²) < 4.78 is 43.0. The smallest absolute Gasteiger partial charge is 0.377 e. The Morgan fingerprint density at radius 2 is 1.78 bits per heavy atom. The summed E-state index contributed by atoms with van der Waals surface area (Å²) in [6.45, 7) is 3.93. The third-order valence-electron chi connectivity index (χ3n) is 3.43. The predicted octanol–water partition coefficient (Wildman–Crippen LogP) is 4.18. The van der Waals surface area contributed by atoms with Crippen LogP contribution in [-0.4, -0.2) is 24.6 Å². The molecule has 0 radical (unpaired) electrons. The lowest BCUT2D eigenvalue weighted by atomic mass is 10.1. The van der Waals surface area contributed by atoms with Gasteiger partial charge in [-0.05, 0) is 18.1 Å². The molecule has 0 atom stereocenters. The van der Waals surface area contributed by atoms with Gasteiger partial charge >= 0.3 is 6.18 Å². The third kappa shape index (κ3) is 8.01. The number of nitrogens with zero attached hydrogens (tertiary/aromatic N) is 2. The highest BCUT2D eigenvalue weighted by Gasteiger charge is 2.33. The number of aliphatic imine (C=N–C) groups is 1. The molecule has 1 aromatic heterocycles. The van der Waals surface area contributed by atoms with Gasteiger partial charge in [0.15, 0.2) is 11.7 Å². The maximum Gasteiger partial charge on any atom is 0.434 e. The van der Waals surface area contributed by atoms with Crippen LogP contribution in [0.5, 0.6) is 0 Å². The Morgan fingerprint density at radius 3 is 2.33 bits per heavy atom.